The van der Waals surface area contributed by atoms with E-state index >= 15 is 4.79 Å². The predicted molar refractivity (Wildman–Crippen MR) is 254 cm³/mol. The van der Waals surface area contributed by atoms with E-state index in [-0.39, 0.29) is 55.7 Å². The molecule has 17 nitrogen and oxygen atoms in total. The van der Waals surface area contributed by atoms with E-state index in [4.69, 9.17) is 35.0 Å². The molecule has 0 unspecified atom stereocenters. The van der Waals surface area contributed by atoms with Crippen molar-refractivity contribution in [3.8, 4) is 0 Å². The molecule has 4 aliphatic rings. The van der Waals surface area contributed by atoms with Crippen molar-refractivity contribution in [1.29, 1.82) is 0 Å². The molecular formula is C49H65N9O8. The van der Waals surface area contributed by atoms with Gasteiger partial charge in [0.2, 0.25) is 11.8 Å². The minimum Gasteiger partial charge on any atom is -0.394 e. The van der Waals surface area contributed by atoms with Gasteiger partial charge in [-0.15, -0.1) is 0 Å². The van der Waals surface area contributed by atoms with E-state index in [2.05, 4.69) is 34.0 Å². The maximum absolute atomic E-state index is 15.1. The fourth-order valence-electron chi connectivity index (χ4n) is 9.27. The Morgan fingerprint density at radius 3 is 2.39 bits per heavy atom. The number of hydrogen-bond donors (Lipinski definition) is 5. The molecule has 0 radical (unpaired) electrons. The Hall–Kier alpha value is -5.56. The molecule has 3 aromatic rings. The van der Waals surface area contributed by atoms with E-state index in [9.17, 15) is 14.4 Å². The van der Waals surface area contributed by atoms with E-state index in [0.29, 0.717) is 124 Å². The number of hydrogen-bond acceptors (Lipinski definition) is 12. The number of nitrogens with two attached hydrogens (primary N) is 1. The molecule has 0 spiro atoms. The normalized spacial score (nSPS) is 17.7. The number of ether oxygens (including phenoxy) is 3. The molecule has 0 aromatic carbocycles. The first-order valence-corrected chi connectivity index (χ1v) is 23.2. The minimum atomic E-state index is -0.422. The molecular weight excluding hydrogens is 843 g/mol. The first-order chi connectivity index (χ1) is 31.9. The van der Waals surface area contributed by atoms with Crippen molar-refractivity contribution in [3.63, 3.8) is 0 Å². The van der Waals surface area contributed by atoms with E-state index < -0.39 is 5.91 Å². The molecule has 0 aliphatic carbocycles. The summed E-state index contributed by atoms with van der Waals surface area (Å²) in [6.07, 6.45) is 4.61. The number of fused-ring (bicyclic) bond motifs is 8. The lowest BCUT2D eigenvalue weighted by Crippen LogP contribution is -2.47. The molecule has 66 heavy (non-hydrogen) atoms. The molecule has 4 aliphatic heterocycles. The van der Waals surface area contributed by atoms with Gasteiger partial charge in [-0.2, -0.15) is 0 Å². The maximum atomic E-state index is 15.1. The Labute approximate surface area is 385 Å². The molecule has 7 rings (SSSR count). The zero-order valence-corrected chi connectivity index (χ0v) is 39.2. The van der Waals surface area contributed by atoms with Gasteiger partial charge in [-0.05, 0) is 80.2 Å². The number of amides is 4. The monoisotopic (exact) mass is 907 g/mol. The number of carbonyl (C=O) groups is 4. The van der Waals surface area contributed by atoms with Gasteiger partial charge in [0.15, 0.2) is 0 Å². The van der Waals surface area contributed by atoms with Crippen molar-refractivity contribution in [2.75, 3.05) is 99.1 Å². The summed E-state index contributed by atoms with van der Waals surface area (Å²) >= 11 is 0. The molecule has 2 atom stereocenters. The molecule has 1 saturated heterocycles. The third kappa shape index (κ3) is 10.4. The van der Waals surface area contributed by atoms with Gasteiger partial charge in [-0.3, -0.25) is 34.0 Å². The molecule has 4 amide bonds. The second-order valence-corrected chi connectivity index (χ2v) is 17.3. The molecule has 8 bridgehead atoms. The van der Waals surface area contributed by atoms with Crippen LogP contribution in [0.5, 0.6) is 0 Å². The summed E-state index contributed by atoms with van der Waals surface area (Å²) in [6.45, 7) is 15.7. The number of aromatic amines is 2. The number of nitrogens with zero attached hydrogens (tertiary/aromatic N) is 5. The fourth-order valence-corrected chi connectivity index (χ4v) is 9.27. The van der Waals surface area contributed by atoms with Crippen LogP contribution in [0, 0.1) is 13.8 Å². The number of aromatic nitrogens is 4. The van der Waals surface area contributed by atoms with Crippen LogP contribution in [0.2, 0.25) is 0 Å². The Balaban J connectivity index is 1.39. The number of allylic oxidation sites excluding steroid dienone is 2. The van der Waals surface area contributed by atoms with Gasteiger partial charge < -0.3 is 45.2 Å². The summed E-state index contributed by atoms with van der Waals surface area (Å²) in [6, 6.07) is 5.96. The first-order valence-electron chi connectivity index (χ1n) is 23.2. The second-order valence-electron chi connectivity index (χ2n) is 17.3. The highest BCUT2D eigenvalue weighted by Gasteiger charge is 2.41. The van der Waals surface area contributed by atoms with E-state index in [0.717, 1.165) is 44.7 Å². The molecule has 354 valence electrons. The maximum Gasteiger partial charge on any atom is 0.264 e. The summed E-state index contributed by atoms with van der Waals surface area (Å²) in [7, 11) is 1.74. The quantitative estimate of drug-likeness (QED) is 0.0641. The van der Waals surface area contributed by atoms with Crippen molar-refractivity contribution >= 4 is 62.9 Å². The topological polar surface area (TPSA) is 221 Å². The summed E-state index contributed by atoms with van der Waals surface area (Å²) in [5.41, 5.74) is 16.4. The number of carbonyl (C=O) groups excluding carboxylic acids is 4. The molecule has 17 heteroatoms. The minimum absolute atomic E-state index is 0.0493. The van der Waals surface area contributed by atoms with Crippen LogP contribution in [-0.4, -0.2) is 162 Å². The lowest BCUT2D eigenvalue weighted by atomic mass is 9.84. The van der Waals surface area contributed by atoms with Gasteiger partial charge in [0.25, 0.3) is 11.8 Å². The first kappa shape index (κ1) is 48.4. The highest BCUT2D eigenvalue weighted by atomic mass is 16.5. The third-order valence-electron chi connectivity index (χ3n) is 13.2. The average molecular weight is 908 g/mol. The number of likely N-dealkylation sites (N-methyl/N-ethyl adjacent to an activating group) is 1. The Kier molecular flexibility index (Phi) is 16.0. The number of H-pyrrole nitrogens is 2. The van der Waals surface area contributed by atoms with E-state index in [1.54, 1.807) is 18.0 Å². The summed E-state index contributed by atoms with van der Waals surface area (Å²) in [4.78, 5) is 79.1. The molecule has 3 aromatic heterocycles. The standard InChI is InChI=1S/C49H65N9O8/c1-7-33-29(2)37-27-41-34(8-10-42(60)51-13-20-64-24-25-66-23-19-59)30(3)36(53-41)26-38-31(4)35(9-11-43(61)56(6)14-12-50)46(54-38)45-47-44(32(5)39(55-47)28-40(33)52-37)48(62)58(49(45)63)16-15-57-17-21-65-22-18-57/h8,10,26-28,31,35,53,55,59H,7,9,11-25,50H2,1-6H3,(H,51,60)/b10-8+,36-26?,37-27?,38-26?,39-28?,40-28?,41-27?,46-45?/t31-,35-/m0/s1. The second kappa shape index (κ2) is 21.8. The number of aliphatic hydroxyl groups excluding tert-OH is 1. The van der Waals surface area contributed by atoms with Crippen LogP contribution < -0.4 is 11.1 Å². The number of morpholine rings is 1. The van der Waals surface area contributed by atoms with Crippen LogP contribution in [0.1, 0.15) is 112 Å². The van der Waals surface area contributed by atoms with Gasteiger partial charge in [-0.25, -0.2) is 4.98 Å². The van der Waals surface area contributed by atoms with Crippen molar-refractivity contribution in [2.45, 2.75) is 65.7 Å². The summed E-state index contributed by atoms with van der Waals surface area (Å²) < 4.78 is 16.3. The molecule has 6 N–H and O–H groups in total. The number of rotatable bonds is 19. The van der Waals surface area contributed by atoms with Crippen LogP contribution in [0.3, 0.4) is 0 Å². The lowest BCUT2D eigenvalue weighted by Gasteiger charge is -2.31. The van der Waals surface area contributed by atoms with Crippen LogP contribution in [0.15, 0.2) is 24.3 Å². The van der Waals surface area contributed by atoms with Crippen LogP contribution in [-0.2, 0) is 23.8 Å². The Morgan fingerprint density at radius 2 is 1.67 bits per heavy atom. The largest absolute Gasteiger partial charge is 0.394 e. The van der Waals surface area contributed by atoms with Crippen LogP contribution in [0.4, 0.5) is 0 Å². The molecule has 1 fully saturated rings. The third-order valence-corrected chi connectivity index (χ3v) is 13.2. The van der Waals surface area contributed by atoms with Gasteiger partial charge in [-0.1, -0.05) is 13.8 Å². The molecule has 7 heterocycles. The SMILES string of the molecule is CCC1=C(C)c2cc3[nH]c(cc4nc(c5c6[nH]c(cc1n2)c(C)c6C(=O)N(CCN1CCOCC1)C5=O)[C@@H](CCC(=O)N(C)CCN)[C@@H]4C)c(C)c3/C=C/C(=O)NCCOCCOCCO. The molecule has 0 saturated carbocycles. The number of nitrogens with one attached hydrogen (secondary N) is 3. The highest BCUT2D eigenvalue weighted by molar-refractivity contribution is 6.23. The van der Waals surface area contributed by atoms with Gasteiger partial charge in [0.05, 0.1) is 80.0 Å². The van der Waals surface area contributed by atoms with Gasteiger partial charge >= 0.3 is 0 Å². The fraction of sp³-hybridized carbons (Fsp3) is 0.510. The Bertz CT molecular complexity index is 2550. The Morgan fingerprint density at radius 1 is 0.955 bits per heavy atom. The van der Waals surface area contributed by atoms with Crippen molar-refractivity contribution < 1.29 is 38.5 Å². The smallest absolute Gasteiger partial charge is 0.264 e. The average Bonchev–Trinajstić information content (AvgIpc) is 3.98. The lowest BCUT2D eigenvalue weighted by molar-refractivity contribution is -0.130. The number of aliphatic hydroxyl groups is 1. The highest BCUT2D eigenvalue weighted by Crippen LogP contribution is 2.44. The van der Waals surface area contributed by atoms with E-state index in [1.807, 2.05) is 39.0 Å². The van der Waals surface area contributed by atoms with E-state index in [1.165, 1.54) is 11.0 Å². The van der Waals surface area contributed by atoms with Gasteiger partial charge in [0.1, 0.15) is 0 Å². The van der Waals surface area contributed by atoms with Crippen LogP contribution >= 0.6 is 0 Å². The van der Waals surface area contributed by atoms with Crippen molar-refractivity contribution in [1.82, 2.24) is 40.0 Å². The number of aryl methyl sites for hydroxylation is 2. The number of imide groups is 1. The van der Waals surface area contributed by atoms with Crippen molar-refractivity contribution in [3.05, 3.63) is 74.9 Å². The summed E-state index contributed by atoms with van der Waals surface area (Å²) in [5, 5.41) is 11.7. The zero-order valence-electron chi connectivity index (χ0n) is 39.2. The van der Waals surface area contributed by atoms with Gasteiger partial charge in [0, 0.05) is 105 Å². The predicted octanol–water partition coefficient (Wildman–Crippen LogP) is 4.44. The van der Waals surface area contributed by atoms with Crippen molar-refractivity contribution in [2.24, 2.45) is 5.73 Å². The zero-order chi connectivity index (χ0) is 47.1. The summed E-state index contributed by atoms with van der Waals surface area (Å²) in [5.74, 6) is -1.70. The van der Waals surface area contributed by atoms with Crippen LogP contribution in [0.25, 0.3) is 39.3 Å².